The maximum atomic E-state index is 14.1. The lowest BCUT2D eigenvalue weighted by Crippen LogP contribution is -2.33. The quantitative estimate of drug-likeness (QED) is 0.284. The molecule has 0 amide bonds. The molecule has 39 heavy (non-hydrogen) atoms. The number of fused-ring (bicyclic) bond motifs is 1. The van der Waals surface area contributed by atoms with E-state index in [-0.39, 0.29) is 12.7 Å². The Morgan fingerprint density at radius 3 is 2.87 bits per heavy atom. The fraction of sp³-hybridized carbons (Fsp3) is 0.345. The second kappa shape index (κ2) is 10.9. The lowest BCUT2D eigenvalue weighted by Gasteiger charge is -2.29. The van der Waals surface area contributed by atoms with E-state index in [0.717, 1.165) is 79.2 Å². The number of H-pyrrole nitrogens is 1. The van der Waals surface area contributed by atoms with Crippen molar-refractivity contribution in [1.29, 1.82) is 0 Å². The molecule has 0 saturated carbocycles. The first-order valence-corrected chi connectivity index (χ1v) is 13.5. The molecule has 202 valence electrons. The molecule has 5 heterocycles. The van der Waals surface area contributed by atoms with Crippen LogP contribution in [0.5, 0.6) is 5.88 Å². The molecular formula is C29H29ClFN5O3. The molecule has 1 aromatic carbocycles. The number of benzene rings is 1. The van der Waals surface area contributed by atoms with E-state index in [2.05, 4.69) is 25.5 Å². The number of aryl methyl sites for hydroxylation is 1. The van der Waals surface area contributed by atoms with Crippen LogP contribution in [0.25, 0.3) is 16.7 Å². The molecule has 10 heteroatoms. The highest BCUT2D eigenvalue weighted by Gasteiger charge is 2.25. The molecule has 2 aliphatic rings. The molecular weight excluding hydrogens is 521 g/mol. The lowest BCUT2D eigenvalue weighted by molar-refractivity contribution is -0.0592. The molecule has 1 atom stereocenters. The van der Waals surface area contributed by atoms with Gasteiger partial charge in [-0.25, -0.2) is 14.4 Å². The molecule has 0 aliphatic carbocycles. The summed E-state index contributed by atoms with van der Waals surface area (Å²) in [5.41, 5.74) is 5.66. The number of aromatic nitrogens is 4. The number of aromatic amines is 1. The van der Waals surface area contributed by atoms with Crippen molar-refractivity contribution in [2.75, 3.05) is 19.7 Å². The number of carbonyl (C=O) groups is 1. The van der Waals surface area contributed by atoms with Gasteiger partial charge in [-0.2, -0.15) is 0 Å². The Hall–Kier alpha value is -3.53. The molecule has 6 rings (SSSR count). The molecule has 0 spiro atoms. The topological polar surface area (TPSA) is 85.3 Å². The zero-order valence-electron chi connectivity index (χ0n) is 21.6. The van der Waals surface area contributed by atoms with E-state index in [4.69, 9.17) is 26.1 Å². The summed E-state index contributed by atoms with van der Waals surface area (Å²) in [4.78, 5) is 26.5. The Morgan fingerprint density at radius 1 is 1.28 bits per heavy atom. The van der Waals surface area contributed by atoms with Gasteiger partial charge in [-0.05, 0) is 43.5 Å². The Labute approximate surface area is 230 Å². The first-order chi connectivity index (χ1) is 19.0. The Balaban J connectivity index is 1.14. The second-order valence-corrected chi connectivity index (χ2v) is 10.4. The van der Waals surface area contributed by atoms with Crippen LogP contribution in [-0.2, 0) is 24.4 Å². The zero-order chi connectivity index (χ0) is 26.9. The highest BCUT2D eigenvalue weighted by Crippen LogP contribution is 2.28. The minimum absolute atomic E-state index is 0.0761. The molecule has 8 nitrogen and oxygen atoms in total. The average molecular weight is 550 g/mol. The molecule has 1 saturated heterocycles. The van der Waals surface area contributed by atoms with Gasteiger partial charge >= 0.3 is 0 Å². The van der Waals surface area contributed by atoms with Crippen LogP contribution in [0, 0.1) is 12.7 Å². The lowest BCUT2D eigenvalue weighted by atomic mass is 10.0. The average Bonchev–Trinajstić information content (AvgIpc) is 3.41. The molecule has 1 N–H and O–H groups in total. The first kappa shape index (κ1) is 25.7. The maximum absolute atomic E-state index is 14.1. The summed E-state index contributed by atoms with van der Waals surface area (Å²) in [6.07, 6.45) is 5.09. The molecule has 0 radical (unpaired) electrons. The number of hydrogen-bond acceptors (Lipinski definition) is 6. The van der Waals surface area contributed by atoms with E-state index in [1.54, 1.807) is 18.2 Å². The van der Waals surface area contributed by atoms with Gasteiger partial charge in [0, 0.05) is 41.9 Å². The highest BCUT2D eigenvalue weighted by molar-refractivity contribution is 6.30. The minimum Gasteiger partial charge on any atom is -0.473 e. The predicted molar refractivity (Wildman–Crippen MR) is 146 cm³/mol. The van der Waals surface area contributed by atoms with E-state index in [1.807, 2.05) is 19.1 Å². The summed E-state index contributed by atoms with van der Waals surface area (Å²) in [7, 11) is 0. The second-order valence-electron chi connectivity index (χ2n) is 10.00. The van der Waals surface area contributed by atoms with Crippen molar-refractivity contribution in [2.45, 2.75) is 45.6 Å². The zero-order valence-corrected chi connectivity index (χ0v) is 22.4. The maximum Gasteiger partial charge on any atom is 0.214 e. The van der Waals surface area contributed by atoms with E-state index in [0.29, 0.717) is 28.7 Å². The number of aldehydes is 1. The number of ether oxygens (including phenoxy) is 2. The number of nitrogens with zero attached hydrogens (tertiary/aromatic N) is 4. The third-order valence-corrected chi connectivity index (χ3v) is 7.69. The number of rotatable bonds is 9. The van der Waals surface area contributed by atoms with Crippen LogP contribution in [0.1, 0.15) is 46.0 Å². The van der Waals surface area contributed by atoms with Crippen LogP contribution >= 0.6 is 11.6 Å². The summed E-state index contributed by atoms with van der Waals surface area (Å²) in [6.45, 7) is 5.87. The van der Waals surface area contributed by atoms with E-state index < -0.39 is 5.82 Å². The monoisotopic (exact) mass is 549 g/mol. The number of pyridine rings is 1. The Morgan fingerprint density at radius 2 is 2.15 bits per heavy atom. The van der Waals surface area contributed by atoms with Gasteiger partial charge in [0.1, 0.15) is 18.2 Å². The van der Waals surface area contributed by atoms with Crippen molar-refractivity contribution in [2.24, 2.45) is 0 Å². The predicted octanol–water partition coefficient (Wildman–Crippen LogP) is 5.33. The van der Waals surface area contributed by atoms with Gasteiger partial charge in [-0.3, -0.25) is 9.69 Å². The first-order valence-electron chi connectivity index (χ1n) is 13.1. The van der Waals surface area contributed by atoms with Crippen LogP contribution in [0.4, 0.5) is 4.39 Å². The fourth-order valence-electron chi connectivity index (χ4n) is 5.13. The van der Waals surface area contributed by atoms with Gasteiger partial charge in [0.15, 0.2) is 11.9 Å². The van der Waals surface area contributed by atoms with Gasteiger partial charge in [0.05, 0.1) is 36.1 Å². The SMILES string of the molecule is Cc1c(C=O)[nH]c2nc(CN3CC=C(c4cccc(OCc5ccc(Cl)cc5F)n4)CC3)n(CC3CCO3)c12. The minimum atomic E-state index is -0.397. The van der Waals surface area contributed by atoms with E-state index in [1.165, 1.54) is 6.07 Å². The van der Waals surface area contributed by atoms with Gasteiger partial charge in [0.25, 0.3) is 0 Å². The number of carbonyl (C=O) groups excluding carboxylic acids is 1. The summed E-state index contributed by atoms with van der Waals surface area (Å²) in [5.74, 6) is 1.02. The third kappa shape index (κ3) is 5.34. The largest absolute Gasteiger partial charge is 0.473 e. The number of hydrogen-bond donors (Lipinski definition) is 1. The Kier molecular flexibility index (Phi) is 7.20. The van der Waals surface area contributed by atoms with Gasteiger partial charge in [0.2, 0.25) is 5.88 Å². The van der Waals surface area contributed by atoms with Gasteiger partial charge in [-0.1, -0.05) is 29.8 Å². The summed E-state index contributed by atoms with van der Waals surface area (Å²) >= 11 is 5.84. The molecule has 4 aromatic rings. The van der Waals surface area contributed by atoms with Crippen molar-refractivity contribution in [1.82, 2.24) is 24.4 Å². The van der Waals surface area contributed by atoms with Crippen LogP contribution in [0.15, 0.2) is 42.5 Å². The van der Waals surface area contributed by atoms with Crippen LogP contribution in [0.3, 0.4) is 0 Å². The van der Waals surface area contributed by atoms with Crippen molar-refractivity contribution in [3.05, 3.63) is 81.7 Å². The number of halogens is 2. The van der Waals surface area contributed by atoms with E-state index in [9.17, 15) is 9.18 Å². The van der Waals surface area contributed by atoms with Crippen LogP contribution in [0.2, 0.25) is 5.02 Å². The molecule has 0 bridgehead atoms. The molecule has 1 fully saturated rings. The third-order valence-electron chi connectivity index (χ3n) is 7.46. The van der Waals surface area contributed by atoms with E-state index >= 15 is 0 Å². The number of nitrogens with one attached hydrogen (secondary N) is 1. The normalized spacial score (nSPS) is 17.7. The van der Waals surface area contributed by atoms with Crippen molar-refractivity contribution >= 4 is 34.6 Å². The molecule has 2 aliphatic heterocycles. The molecule has 3 aromatic heterocycles. The van der Waals surface area contributed by atoms with Gasteiger partial charge < -0.3 is 19.0 Å². The van der Waals surface area contributed by atoms with Crippen LogP contribution < -0.4 is 4.74 Å². The van der Waals surface area contributed by atoms with Crippen molar-refractivity contribution in [3.8, 4) is 5.88 Å². The van der Waals surface area contributed by atoms with Gasteiger partial charge in [-0.15, -0.1) is 0 Å². The molecule has 1 unspecified atom stereocenters. The summed E-state index contributed by atoms with van der Waals surface area (Å²) in [5, 5.41) is 0.353. The Bertz CT molecular complexity index is 1560. The van der Waals surface area contributed by atoms with Crippen LogP contribution in [-0.4, -0.2) is 56.5 Å². The smallest absolute Gasteiger partial charge is 0.214 e. The highest BCUT2D eigenvalue weighted by atomic mass is 35.5. The van der Waals surface area contributed by atoms with Crippen molar-refractivity contribution in [3.63, 3.8) is 0 Å². The standard InChI is InChI=1S/C29H29ClFN5O3/c1-18-25(16-37)33-29-28(18)36(14-22-9-12-38-22)26(34-29)15-35-10-7-19(8-11-35)24-3-2-4-27(32-24)39-17-20-5-6-21(30)13-23(20)31/h2-7,13,16,22,33H,8-12,14-15,17H2,1H3. The van der Waals surface area contributed by atoms with Crippen molar-refractivity contribution < 1.29 is 18.7 Å². The summed E-state index contributed by atoms with van der Waals surface area (Å²) < 4.78 is 27.8. The summed E-state index contributed by atoms with van der Waals surface area (Å²) in [6, 6.07) is 10.2. The number of imidazole rings is 1. The fourth-order valence-corrected chi connectivity index (χ4v) is 5.29.